The van der Waals surface area contributed by atoms with E-state index in [0.717, 1.165) is 18.8 Å². The second-order valence-corrected chi connectivity index (χ2v) is 6.59. The number of β-amino-alcohol motifs (C(OH)–C–C–N with tert-alkyl or cyclic N) is 1. The van der Waals surface area contributed by atoms with Gasteiger partial charge in [0.05, 0.1) is 0 Å². The number of benzene rings is 1. The SMILES string of the molecule is C[C@@H]1CCCCN1C[C@H](O)COc1ccc2c(c1)CCC2. The van der Waals surface area contributed by atoms with Gasteiger partial charge in [-0.2, -0.15) is 0 Å². The summed E-state index contributed by atoms with van der Waals surface area (Å²) < 4.78 is 5.79. The third kappa shape index (κ3) is 3.78. The first-order valence-electron chi connectivity index (χ1n) is 8.39. The molecule has 0 amide bonds. The van der Waals surface area contributed by atoms with Gasteiger partial charge >= 0.3 is 0 Å². The summed E-state index contributed by atoms with van der Waals surface area (Å²) in [5.41, 5.74) is 2.89. The van der Waals surface area contributed by atoms with Crippen LogP contribution in [0.5, 0.6) is 5.75 Å². The zero-order valence-corrected chi connectivity index (χ0v) is 13.1. The van der Waals surface area contributed by atoms with Crippen molar-refractivity contribution in [1.29, 1.82) is 0 Å². The van der Waals surface area contributed by atoms with Gasteiger partial charge in [-0.1, -0.05) is 12.5 Å². The number of aliphatic hydroxyl groups is 1. The molecule has 3 nitrogen and oxygen atoms in total. The molecule has 0 unspecified atom stereocenters. The molecule has 1 aliphatic heterocycles. The first kappa shape index (κ1) is 14.9. The minimum Gasteiger partial charge on any atom is -0.491 e. The first-order chi connectivity index (χ1) is 10.2. The maximum Gasteiger partial charge on any atom is 0.119 e. The van der Waals surface area contributed by atoms with Gasteiger partial charge in [-0.15, -0.1) is 0 Å². The Kier molecular flexibility index (Phi) is 4.81. The quantitative estimate of drug-likeness (QED) is 0.905. The Morgan fingerprint density at radius 3 is 2.95 bits per heavy atom. The van der Waals surface area contributed by atoms with Crippen molar-refractivity contribution in [3.63, 3.8) is 0 Å². The van der Waals surface area contributed by atoms with Crippen LogP contribution in [0.4, 0.5) is 0 Å². The number of piperidine rings is 1. The highest BCUT2D eigenvalue weighted by Gasteiger charge is 2.21. The van der Waals surface area contributed by atoms with Crippen molar-refractivity contribution in [1.82, 2.24) is 4.90 Å². The number of hydrogen-bond donors (Lipinski definition) is 1. The largest absolute Gasteiger partial charge is 0.491 e. The number of likely N-dealkylation sites (tertiary alicyclic amines) is 1. The van der Waals surface area contributed by atoms with Crippen molar-refractivity contribution in [3.05, 3.63) is 29.3 Å². The van der Waals surface area contributed by atoms with Gasteiger partial charge in [0.2, 0.25) is 0 Å². The van der Waals surface area contributed by atoms with Crippen molar-refractivity contribution in [2.24, 2.45) is 0 Å². The molecule has 21 heavy (non-hydrogen) atoms. The fraction of sp³-hybridized carbons (Fsp3) is 0.667. The standard InChI is InChI=1S/C18H27NO2/c1-14-5-2-3-10-19(14)12-17(20)13-21-18-9-8-15-6-4-7-16(15)11-18/h8-9,11,14,17,20H,2-7,10,12-13H2,1H3/t14-,17+/m1/s1. The predicted octanol–water partition coefficient (Wildman–Crippen LogP) is 2.79. The Labute approximate surface area is 127 Å². The Balaban J connectivity index is 1.48. The van der Waals surface area contributed by atoms with Crippen molar-refractivity contribution in [2.45, 2.75) is 57.6 Å². The van der Waals surface area contributed by atoms with E-state index in [1.54, 1.807) is 0 Å². The van der Waals surface area contributed by atoms with Crippen LogP contribution in [0.3, 0.4) is 0 Å². The van der Waals surface area contributed by atoms with Crippen molar-refractivity contribution >= 4 is 0 Å². The summed E-state index contributed by atoms with van der Waals surface area (Å²) in [6.45, 7) is 4.48. The Morgan fingerprint density at radius 2 is 2.10 bits per heavy atom. The molecular formula is C18H27NO2. The van der Waals surface area contributed by atoms with Crippen LogP contribution in [0, 0.1) is 0 Å². The van der Waals surface area contributed by atoms with Gasteiger partial charge in [-0.3, -0.25) is 4.90 Å². The third-order valence-electron chi connectivity index (χ3n) is 4.90. The number of nitrogens with zero attached hydrogens (tertiary/aromatic N) is 1. The monoisotopic (exact) mass is 289 g/mol. The third-order valence-corrected chi connectivity index (χ3v) is 4.90. The van der Waals surface area contributed by atoms with Gasteiger partial charge in [-0.25, -0.2) is 0 Å². The molecule has 0 spiro atoms. The zero-order chi connectivity index (χ0) is 14.7. The summed E-state index contributed by atoms with van der Waals surface area (Å²) in [7, 11) is 0. The highest BCUT2D eigenvalue weighted by molar-refractivity contribution is 5.38. The molecular weight excluding hydrogens is 262 g/mol. The van der Waals surface area contributed by atoms with E-state index >= 15 is 0 Å². The molecule has 1 saturated heterocycles. The molecule has 0 radical (unpaired) electrons. The Hall–Kier alpha value is -1.06. The molecule has 1 aromatic rings. The number of hydrogen-bond acceptors (Lipinski definition) is 3. The summed E-state index contributed by atoms with van der Waals surface area (Å²) in [6.07, 6.45) is 7.04. The van der Waals surface area contributed by atoms with Crippen LogP contribution < -0.4 is 4.74 Å². The summed E-state index contributed by atoms with van der Waals surface area (Å²) in [5.74, 6) is 0.904. The van der Waals surface area contributed by atoms with Crippen LogP contribution in [-0.2, 0) is 12.8 Å². The minimum absolute atomic E-state index is 0.391. The number of aryl methyl sites for hydroxylation is 2. The van der Waals surface area contributed by atoms with Gasteiger partial charge in [0.25, 0.3) is 0 Å². The number of rotatable bonds is 5. The van der Waals surface area contributed by atoms with Gasteiger partial charge in [0.15, 0.2) is 0 Å². The lowest BCUT2D eigenvalue weighted by molar-refractivity contribution is 0.0437. The fourth-order valence-electron chi connectivity index (χ4n) is 3.58. The van der Waals surface area contributed by atoms with E-state index in [1.807, 2.05) is 6.07 Å². The van der Waals surface area contributed by atoms with E-state index in [4.69, 9.17) is 4.74 Å². The van der Waals surface area contributed by atoms with E-state index in [0.29, 0.717) is 12.6 Å². The summed E-state index contributed by atoms with van der Waals surface area (Å²) in [6, 6.07) is 6.96. The van der Waals surface area contributed by atoms with Crippen molar-refractivity contribution in [2.75, 3.05) is 19.7 Å². The van der Waals surface area contributed by atoms with E-state index in [9.17, 15) is 5.11 Å². The average molecular weight is 289 g/mol. The summed E-state index contributed by atoms with van der Waals surface area (Å²) in [4.78, 5) is 2.39. The van der Waals surface area contributed by atoms with Crippen LogP contribution in [-0.4, -0.2) is 41.8 Å². The molecule has 1 heterocycles. The lowest BCUT2D eigenvalue weighted by Crippen LogP contribution is -2.43. The van der Waals surface area contributed by atoms with E-state index in [1.165, 1.54) is 49.7 Å². The maximum absolute atomic E-state index is 10.2. The molecule has 116 valence electrons. The molecule has 1 aliphatic carbocycles. The second-order valence-electron chi connectivity index (χ2n) is 6.59. The highest BCUT2D eigenvalue weighted by Crippen LogP contribution is 2.26. The molecule has 1 fully saturated rings. The van der Waals surface area contributed by atoms with E-state index in [-0.39, 0.29) is 0 Å². The zero-order valence-electron chi connectivity index (χ0n) is 13.1. The lowest BCUT2D eigenvalue weighted by Gasteiger charge is -2.34. The normalized spacial score (nSPS) is 23.8. The van der Waals surface area contributed by atoms with Gasteiger partial charge in [0.1, 0.15) is 18.5 Å². The van der Waals surface area contributed by atoms with Crippen LogP contribution in [0.25, 0.3) is 0 Å². The van der Waals surface area contributed by atoms with Crippen molar-refractivity contribution in [3.8, 4) is 5.75 Å². The van der Waals surface area contributed by atoms with E-state index in [2.05, 4.69) is 24.0 Å². The Morgan fingerprint density at radius 1 is 1.24 bits per heavy atom. The first-order valence-corrected chi connectivity index (χ1v) is 8.39. The van der Waals surface area contributed by atoms with Gasteiger partial charge in [0, 0.05) is 12.6 Å². The molecule has 2 atom stereocenters. The molecule has 0 bridgehead atoms. The number of aliphatic hydroxyl groups excluding tert-OH is 1. The van der Waals surface area contributed by atoms with Gasteiger partial charge in [-0.05, 0) is 68.8 Å². The minimum atomic E-state index is -0.404. The topological polar surface area (TPSA) is 32.7 Å². The maximum atomic E-state index is 10.2. The number of ether oxygens (including phenoxy) is 1. The second kappa shape index (κ2) is 6.80. The molecule has 3 heteroatoms. The fourth-order valence-corrected chi connectivity index (χ4v) is 3.58. The van der Waals surface area contributed by atoms with E-state index < -0.39 is 6.10 Å². The van der Waals surface area contributed by atoms with Crippen LogP contribution in [0.2, 0.25) is 0 Å². The molecule has 3 rings (SSSR count). The van der Waals surface area contributed by atoms with Crippen LogP contribution in [0.15, 0.2) is 18.2 Å². The number of fused-ring (bicyclic) bond motifs is 1. The summed E-state index contributed by atoms with van der Waals surface area (Å²) >= 11 is 0. The average Bonchev–Trinajstić information content (AvgIpc) is 2.95. The molecule has 0 aromatic heterocycles. The molecule has 2 aliphatic rings. The Bertz CT molecular complexity index is 474. The lowest BCUT2D eigenvalue weighted by atomic mass is 10.0. The van der Waals surface area contributed by atoms with Crippen LogP contribution in [0.1, 0.15) is 43.7 Å². The molecule has 0 saturated carbocycles. The predicted molar refractivity (Wildman–Crippen MR) is 84.9 cm³/mol. The molecule has 1 aromatic carbocycles. The summed E-state index contributed by atoms with van der Waals surface area (Å²) in [5, 5.41) is 10.2. The highest BCUT2D eigenvalue weighted by atomic mass is 16.5. The van der Waals surface area contributed by atoms with Crippen LogP contribution >= 0.6 is 0 Å². The van der Waals surface area contributed by atoms with Crippen molar-refractivity contribution < 1.29 is 9.84 Å². The molecule has 1 N–H and O–H groups in total. The van der Waals surface area contributed by atoms with Gasteiger partial charge < -0.3 is 9.84 Å². The smallest absolute Gasteiger partial charge is 0.119 e.